The number of hydrogen-bond donors (Lipinski definition) is 4. The van der Waals surface area contributed by atoms with Crippen LogP contribution in [0.15, 0.2) is 36.4 Å². The van der Waals surface area contributed by atoms with E-state index in [1.54, 1.807) is 18.2 Å². The highest BCUT2D eigenvalue weighted by Crippen LogP contribution is 2.61. The molecule has 42 heavy (non-hydrogen) atoms. The predicted octanol–water partition coefficient (Wildman–Crippen LogP) is 4.79. The molecule has 2 amide bonds. The number of rotatable bonds is 9. The predicted molar refractivity (Wildman–Crippen MR) is 151 cm³/mol. The molecule has 4 rings (SSSR count). The van der Waals surface area contributed by atoms with Crippen LogP contribution >= 0.6 is 0 Å². The third kappa shape index (κ3) is 6.62. The second-order valence-corrected chi connectivity index (χ2v) is 11.9. The van der Waals surface area contributed by atoms with Crippen LogP contribution in [0.3, 0.4) is 0 Å². The number of methoxy groups -OCH3 is 2. The Morgan fingerprint density at radius 2 is 1.62 bits per heavy atom. The van der Waals surface area contributed by atoms with E-state index in [0.717, 1.165) is 18.2 Å². The summed E-state index contributed by atoms with van der Waals surface area (Å²) in [5.41, 5.74) is -0.640. The highest BCUT2D eigenvalue weighted by Gasteiger charge is 2.60. The topological polar surface area (TPSA) is 126 Å². The molecule has 2 aliphatic rings. The van der Waals surface area contributed by atoms with E-state index >= 15 is 0 Å². The van der Waals surface area contributed by atoms with Gasteiger partial charge >= 0.3 is 6.09 Å². The summed E-state index contributed by atoms with van der Waals surface area (Å²) in [6.45, 7) is 3.61. The Morgan fingerprint density at radius 3 is 2.21 bits per heavy atom. The Morgan fingerprint density at radius 1 is 0.976 bits per heavy atom. The van der Waals surface area contributed by atoms with Gasteiger partial charge in [0.25, 0.3) is 0 Å². The van der Waals surface area contributed by atoms with E-state index in [4.69, 9.17) is 14.2 Å². The number of anilines is 1. The number of carbonyl (C=O) groups excluding carboxylic acids is 2. The maximum absolute atomic E-state index is 13.5. The molecule has 0 aromatic heterocycles. The van der Waals surface area contributed by atoms with Crippen molar-refractivity contribution in [2.24, 2.45) is 22.7 Å². The van der Waals surface area contributed by atoms with Crippen LogP contribution in [0.4, 0.5) is 19.3 Å². The van der Waals surface area contributed by atoms with Gasteiger partial charge in [-0.05, 0) is 60.6 Å². The number of carbonyl (C=O) groups is 2. The lowest BCUT2D eigenvalue weighted by Gasteiger charge is -2.60. The van der Waals surface area contributed by atoms with Crippen molar-refractivity contribution in [2.45, 2.75) is 64.7 Å². The van der Waals surface area contributed by atoms with Gasteiger partial charge in [0.2, 0.25) is 5.91 Å². The van der Waals surface area contributed by atoms with Crippen molar-refractivity contribution >= 4 is 17.7 Å². The van der Waals surface area contributed by atoms with Gasteiger partial charge < -0.3 is 29.7 Å². The Labute approximate surface area is 244 Å². The molecule has 0 bridgehead atoms. The summed E-state index contributed by atoms with van der Waals surface area (Å²) in [5, 5.41) is 27.1. The van der Waals surface area contributed by atoms with Crippen molar-refractivity contribution < 1.29 is 42.8 Å². The third-order valence-corrected chi connectivity index (χ3v) is 9.34. The first kappa shape index (κ1) is 31.5. The normalized spacial score (nSPS) is 28.8. The molecule has 4 N–H and O–H groups in total. The van der Waals surface area contributed by atoms with Crippen molar-refractivity contribution in [3.63, 3.8) is 0 Å². The summed E-state index contributed by atoms with van der Waals surface area (Å²) in [6, 6.07) is 8.03. The van der Waals surface area contributed by atoms with Gasteiger partial charge in [-0.15, -0.1) is 0 Å². The molecule has 11 heteroatoms. The van der Waals surface area contributed by atoms with Crippen LogP contribution in [0.1, 0.15) is 51.5 Å². The molecule has 9 nitrogen and oxygen atoms in total. The molecule has 2 aromatic carbocycles. The highest BCUT2D eigenvalue weighted by molar-refractivity contribution is 5.85. The van der Waals surface area contributed by atoms with Crippen LogP contribution in [-0.4, -0.2) is 55.2 Å². The zero-order chi connectivity index (χ0) is 30.7. The minimum absolute atomic E-state index is 0.0111. The summed E-state index contributed by atoms with van der Waals surface area (Å²) in [6.07, 6.45) is -0.0311. The lowest BCUT2D eigenvalue weighted by atomic mass is 9.46. The summed E-state index contributed by atoms with van der Waals surface area (Å²) in [4.78, 5) is 25.9. The fourth-order valence-corrected chi connectivity index (χ4v) is 7.12. The third-order valence-electron chi connectivity index (χ3n) is 9.34. The van der Waals surface area contributed by atoms with E-state index in [1.165, 1.54) is 14.2 Å². The molecule has 2 aliphatic carbocycles. The smallest absolute Gasteiger partial charge is 0.411 e. The monoisotopic (exact) mass is 590 g/mol. The summed E-state index contributed by atoms with van der Waals surface area (Å²) in [7, 11) is 3.01. The molecule has 2 saturated carbocycles. The van der Waals surface area contributed by atoms with Gasteiger partial charge in [-0.3, -0.25) is 10.1 Å². The van der Waals surface area contributed by atoms with Crippen molar-refractivity contribution in [1.29, 1.82) is 0 Å². The second-order valence-electron chi connectivity index (χ2n) is 11.9. The van der Waals surface area contributed by atoms with Gasteiger partial charge in [0.1, 0.15) is 29.2 Å². The molecule has 0 spiro atoms. The number of nitrogens with one attached hydrogen (secondary N) is 2. The number of aliphatic hydroxyl groups excluding tert-OH is 2. The summed E-state index contributed by atoms with van der Waals surface area (Å²) < 4.78 is 43.5. The highest BCUT2D eigenvalue weighted by atomic mass is 19.1. The first-order valence-electron chi connectivity index (χ1n) is 14.1. The molecule has 0 aliphatic heterocycles. The number of benzene rings is 2. The van der Waals surface area contributed by atoms with E-state index in [-0.39, 0.29) is 31.4 Å². The lowest BCUT2D eigenvalue weighted by molar-refractivity contribution is -0.185. The first-order valence-corrected chi connectivity index (χ1v) is 14.1. The largest absolute Gasteiger partial charge is 0.497 e. The quantitative estimate of drug-likeness (QED) is 0.331. The summed E-state index contributed by atoms with van der Waals surface area (Å²) >= 11 is 0. The first-order chi connectivity index (χ1) is 19.9. The SMILES string of the molecule is COc1cc(NC(=O)O[C@@H]2CC[C@]3(C)[C@@H](CC[C@@H](O)[C@H]3CC(=O)NCc3cc(F)cc(F)c3)[C@]2(C)CO)cc(OC)c1. The number of ether oxygens (including phenoxy) is 3. The van der Waals surface area contributed by atoms with Gasteiger partial charge in [-0.2, -0.15) is 0 Å². The lowest BCUT2D eigenvalue weighted by Crippen LogP contribution is -2.61. The average molecular weight is 591 g/mol. The van der Waals surface area contributed by atoms with Gasteiger partial charge in [0.05, 0.1) is 32.6 Å². The Kier molecular flexibility index (Phi) is 9.62. The van der Waals surface area contributed by atoms with Crippen LogP contribution in [0.2, 0.25) is 0 Å². The summed E-state index contributed by atoms with van der Waals surface area (Å²) in [5.74, 6) is -1.38. The number of amides is 2. The maximum Gasteiger partial charge on any atom is 0.411 e. The Bertz CT molecular complexity index is 1250. The van der Waals surface area contributed by atoms with Crippen molar-refractivity contribution in [1.82, 2.24) is 5.32 Å². The molecular formula is C31H40F2N2O7. The van der Waals surface area contributed by atoms with E-state index in [0.29, 0.717) is 48.4 Å². The number of fused-ring (bicyclic) bond motifs is 1. The molecule has 230 valence electrons. The Hall–Kier alpha value is -3.44. The molecule has 2 fully saturated rings. The van der Waals surface area contributed by atoms with E-state index in [9.17, 15) is 28.6 Å². The van der Waals surface area contributed by atoms with Crippen LogP contribution in [0.25, 0.3) is 0 Å². The van der Waals surface area contributed by atoms with Crippen molar-refractivity contribution in [2.75, 3.05) is 26.1 Å². The van der Waals surface area contributed by atoms with Crippen LogP contribution in [0, 0.1) is 34.3 Å². The minimum Gasteiger partial charge on any atom is -0.497 e. The zero-order valence-electron chi connectivity index (χ0n) is 24.4. The molecule has 0 radical (unpaired) electrons. The van der Waals surface area contributed by atoms with Gasteiger partial charge in [-0.1, -0.05) is 13.8 Å². The minimum atomic E-state index is -0.829. The maximum atomic E-state index is 13.5. The van der Waals surface area contributed by atoms with Crippen molar-refractivity contribution in [3.8, 4) is 11.5 Å². The molecule has 0 saturated heterocycles. The number of hydrogen-bond acceptors (Lipinski definition) is 7. The van der Waals surface area contributed by atoms with Crippen molar-refractivity contribution in [3.05, 3.63) is 53.6 Å². The van der Waals surface area contributed by atoms with Gasteiger partial charge in [0, 0.05) is 42.6 Å². The molecule has 2 aromatic rings. The molecule has 0 heterocycles. The van der Waals surface area contributed by atoms with Gasteiger partial charge in [-0.25, -0.2) is 13.6 Å². The molecular weight excluding hydrogens is 550 g/mol. The number of halogens is 2. The van der Waals surface area contributed by atoms with Gasteiger partial charge in [0.15, 0.2) is 0 Å². The number of aliphatic hydroxyl groups is 2. The molecule has 0 unspecified atom stereocenters. The van der Waals surface area contributed by atoms with E-state index in [1.807, 2.05) is 13.8 Å². The van der Waals surface area contributed by atoms with Crippen LogP contribution in [0.5, 0.6) is 11.5 Å². The Balaban J connectivity index is 1.45. The molecule has 6 atom stereocenters. The average Bonchev–Trinajstić information content (AvgIpc) is 2.94. The second kappa shape index (κ2) is 12.8. The standard InChI is InChI=1S/C31H40F2N2O7/c1-30-8-7-27(42-29(39)35-21-12-22(40-3)14-23(13-21)41-4)31(2,17-36)26(30)6-5-25(37)24(30)15-28(38)34-16-18-9-19(32)11-20(33)10-18/h9-14,24-27,36-37H,5-8,15-17H2,1-4H3,(H,34,38)(H,35,39)/t24-,25-,26-,27-,30+,31+/m1/s1. The van der Waals surface area contributed by atoms with Crippen LogP contribution in [-0.2, 0) is 16.1 Å². The fourth-order valence-electron chi connectivity index (χ4n) is 7.12. The zero-order valence-corrected chi connectivity index (χ0v) is 24.4. The fraction of sp³-hybridized carbons (Fsp3) is 0.548. The van der Waals surface area contributed by atoms with E-state index < -0.39 is 46.7 Å². The van der Waals surface area contributed by atoms with E-state index in [2.05, 4.69) is 10.6 Å². The van der Waals surface area contributed by atoms with Crippen LogP contribution < -0.4 is 20.1 Å².